The van der Waals surface area contributed by atoms with Crippen LogP contribution in [-0.2, 0) is 34.1 Å². The zero-order valence-electron chi connectivity index (χ0n) is 1.68. The average Bonchev–Trinajstić information content (AvgIpc) is 1.00. The molecule has 0 saturated carbocycles. The molecule has 1 unspecified atom stereocenters. The van der Waals surface area contributed by atoms with Crippen molar-refractivity contribution in [2.45, 2.75) is 0 Å². The first-order valence-electron chi connectivity index (χ1n) is 0.258. The SMILES string of the molecule is OP.[Cu].[Fe]. The van der Waals surface area contributed by atoms with E-state index in [4.69, 9.17) is 4.89 Å². The normalized spacial score (nSPS) is 1.50. The summed E-state index contributed by atoms with van der Waals surface area (Å²) in [6.45, 7) is 0. The van der Waals surface area contributed by atoms with E-state index in [1.165, 1.54) is 9.47 Å². The molecule has 0 aromatic carbocycles. The minimum Gasteiger partial charge on any atom is -0.380 e. The predicted molar refractivity (Wildman–Crippen MR) is 11.9 cm³/mol. The third kappa shape index (κ3) is 9.91. The molecule has 0 aromatic rings. The molecule has 0 aliphatic rings. The van der Waals surface area contributed by atoms with Crippen molar-refractivity contribution in [1.29, 1.82) is 0 Å². The van der Waals surface area contributed by atoms with Crippen LogP contribution in [0.4, 0.5) is 0 Å². The molecule has 4 heteroatoms. The summed E-state index contributed by atoms with van der Waals surface area (Å²) in [7, 11) is 1.42. The molecule has 4 heavy (non-hydrogen) atoms. The number of hydrogen-bond donors (Lipinski definition) is 1. The molecule has 0 amide bonds. The van der Waals surface area contributed by atoms with E-state index in [9.17, 15) is 0 Å². The second-order valence-corrected chi connectivity index (χ2v) is 0. The van der Waals surface area contributed by atoms with Crippen molar-refractivity contribution < 1.29 is 39.0 Å². The van der Waals surface area contributed by atoms with Crippen LogP contribution in [-0.4, -0.2) is 4.89 Å². The van der Waals surface area contributed by atoms with Crippen molar-refractivity contribution >= 4 is 9.47 Å². The van der Waals surface area contributed by atoms with E-state index in [0.717, 1.165) is 0 Å². The molecular weight excluding hydrogens is 166 g/mol. The van der Waals surface area contributed by atoms with Crippen LogP contribution in [0.15, 0.2) is 0 Å². The minimum atomic E-state index is 0. The summed E-state index contributed by atoms with van der Waals surface area (Å²) >= 11 is 0. The fourth-order valence-corrected chi connectivity index (χ4v) is 0. The summed E-state index contributed by atoms with van der Waals surface area (Å²) in [6, 6.07) is 0. The Morgan fingerprint density at radius 1 is 1.25 bits per heavy atom. The van der Waals surface area contributed by atoms with Crippen LogP contribution in [0.3, 0.4) is 0 Å². The fourth-order valence-electron chi connectivity index (χ4n) is 0. The van der Waals surface area contributed by atoms with Gasteiger partial charge in [-0.05, 0) is 9.47 Å². The van der Waals surface area contributed by atoms with Gasteiger partial charge in [-0.15, -0.1) is 0 Å². The molecule has 0 spiro atoms. The van der Waals surface area contributed by atoms with Gasteiger partial charge >= 0.3 is 0 Å². The first kappa shape index (κ1) is 18.1. The standard InChI is InChI=1S/Cu.Fe.H3OP/c;;1-2/h;;1H,2H2. The Labute approximate surface area is 48.8 Å². The van der Waals surface area contributed by atoms with E-state index in [1.54, 1.807) is 0 Å². The number of rotatable bonds is 0. The van der Waals surface area contributed by atoms with E-state index in [2.05, 4.69) is 0 Å². The maximum atomic E-state index is 6.92. The molecule has 0 aliphatic heterocycles. The van der Waals surface area contributed by atoms with Crippen molar-refractivity contribution in [2.24, 2.45) is 0 Å². The average molecular weight is 169 g/mol. The van der Waals surface area contributed by atoms with Crippen LogP contribution in [0.2, 0.25) is 0 Å². The van der Waals surface area contributed by atoms with Crippen LogP contribution in [0.5, 0.6) is 0 Å². The molecule has 1 atom stereocenters. The zero-order chi connectivity index (χ0) is 2.00. The van der Waals surface area contributed by atoms with Crippen molar-refractivity contribution in [2.75, 3.05) is 0 Å². The fraction of sp³-hybridized carbons (Fsp3) is 0. The van der Waals surface area contributed by atoms with Gasteiger partial charge in [0.15, 0.2) is 0 Å². The largest absolute Gasteiger partial charge is 0.380 e. The quantitative estimate of drug-likeness (QED) is 0.392. The van der Waals surface area contributed by atoms with Crippen molar-refractivity contribution in [3.8, 4) is 0 Å². The Balaban J connectivity index is -0.00000000500. The molecule has 0 bridgehead atoms. The predicted octanol–water partition coefficient (Wildman–Crippen LogP) is -0.236. The van der Waals surface area contributed by atoms with Crippen molar-refractivity contribution in [3.05, 3.63) is 0 Å². The Kier molecular flexibility index (Phi) is 115. The first-order chi connectivity index (χ1) is 1.00. The second-order valence-electron chi connectivity index (χ2n) is 0. The topological polar surface area (TPSA) is 20.2 Å². The van der Waals surface area contributed by atoms with Crippen LogP contribution >= 0.6 is 9.47 Å². The molecule has 0 heterocycles. The van der Waals surface area contributed by atoms with Gasteiger partial charge in [-0.1, -0.05) is 0 Å². The van der Waals surface area contributed by atoms with Crippen LogP contribution in [0, 0.1) is 0 Å². The summed E-state index contributed by atoms with van der Waals surface area (Å²) in [5, 5.41) is 0. The third-order valence-corrected chi connectivity index (χ3v) is 0. The Morgan fingerprint density at radius 3 is 1.25 bits per heavy atom. The maximum Gasteiger partial charge on any atom is 0 e. The van der Waals surface area contributed by atoms with Gasteiger partial charge in [-0.3, -0.25) is 0 Å². The molecule has 0 rings (SSSR count). The summed E-state index contributed by atoms with van der Waals surface area (Å²) in [5.41, 5.74) is 0. The third-order valence-electron chi connectivity index (χ3n) is 0. The molecule has 0 aromatic heterocycles. The molecule has 0 saturated heterocycles. The summed E-state index contributed by atoms with van der Waals surface area (Å²) in [4.78, 5) is 6.92. The molecule has 1 N–H and O–H groups in total. The van der Waals surface area contributed by atoms with E-state index in [1.807, 2.05) is 0 Å². The summed E-state index contributed by atoms with van der Waals surface area (Å²) in [5.74, 6) is 0. The molecule has 33 valence electrons. The van der Waals surface area contributed by atoms with Gasteiger partial charge in [0.05, 0.1) is 0 Å². The second kappa shape index (κ2) is 25.5. The van der Waals surface area contributed by atoms with E-state index < -0.39 is 0 Å². The van der Waals surface area contributed by atoms with Crippen LogP contribution in [0.1, 0.15) is 0 Å². The zero-order valence-corrected chi connectivity index (χ0v) is 4.88. The Morgan fingerprint density at radius 2 is 1.25 bits per heavy atom. The van der Waals surface area contributed by atoms with E-state index in [0.29, 0.717) is 0 Å². The number of hydrogen-bond acceptors (Lipinski definition) is 1. The molecule has 1 radical (unpaired) electrons. The van der Waals surface area contributed by atoms with Crippen molar-refractivity contribution in [3.63, 3.8) is 0 Å². The van der Waals surface area contributed by atoms with Gasteiger partial charge in [0.25, 0.3) is 0 Å². The van der Waals surface area contributed by atoms with Gasteiger partial charge in [0, 0.05) is 34.1 Å². The van der Waals surface area contributed by atoms with Gasteiger partial charge in [0.1, 0.15) is 0 Å². The monoisotopic (exact) mass is 169 g/mol. The van der Waals surface area contributed by atoms with E-state index >= 15 is 0 Å². The Bertz CT molecular complexity index is 8.00. The molecule has 1 nitrogen and oxygen atoms in total. The van der Waals surface area contributed by atoms with Gasteiger partial charge in [-0.2, -0.15) is 0 Å². The summed E-state index contributed by atoms with van der Waals surface area (Å²) in [6.07, 6.45) is 0. The maximum absolute atomic E-state index is 6.92. The van der Waals surface area contributed by atoms with Gasteiger partial charge in [-0.25, -0.2) is 0 Å². The first-order valence-corrected chi connectivity index (χ1v) is 0.775. The van der Waals surface area contributed by atoms with Crippen LogP contribution < -0.4 is 0 Å². The summed E-state index contributed by atoms with van der Waals surface area (Å²) < 4.78 is 0. The molecule has 0 fully saturated rings. The van der Waals surface area contributed by atoms with Gasteiger partial charge in [0.2, 0.25) is 0 Å². The van der Waals surface area contributed by atoms with E-state index in [-0.39, 0.29) is 34.1 Å². The van der Waals surface area contributed by atoms with Crippen LogP contribution in [0.25, 0.3) is 0 Å². The smallest absolute Gasteiger partial charge is 0 e. The molecule has 0 aliphatic carbocycles. The molecular formula is H3CuFeOP. The van der Waals surface area contributed by atoms with Crippen molar-refractivity contribution in [1.82, 2.24) is 0 Å². The Hall–Kier alpha value is 1.43. The van der Waals surface area contributed by atoms with Gasteiger partial charge < -0.3 is 4.89 Å². The minimum absolute atomic E-state index is 0.